The van der Waals surface area contributed by atoms with Gasteiger partial charge in [-0.1, -0.05) is 30.3 Å². The summed E-state index contributed by atoms with van der Waals surface area (Å²) < 4.78 is 23.3. The van der Waals surface area contributed by atoms with Crippen molar-refractivity contribution in [3.05, 3.63) is 46.9 Å². The molecule has 0 aliphatic carbocycles. The molecule has 1 aromatic rings. The topological polar surface area (TPSA) is 57.7 Å². The standard InChI is InChI=1S/C18H22N2O3S/c21-17(16-7-4-8-24(22,23)10-16)20-13-18(14-20)11-19(12-18)9-15-5-2-1-3-6-15/h1-3,5-6,10H,4,7-9,11-14H2. The van der Waals surface area contributed by atoms with Crippen molar-refractivity contribution >= 4 is 15.7 Å². The SMILES string of the molecule is O=C(C1=CS(=O)(=O)CCC1)N1CC2(CN(Cc3ccccc3)C2)C1. The minimum absolute atomic E-state index is 0.0783. The first-order chi connectivity index (χ1) is 11.4. The van der Waals surface area contributed by atoms with Crippen molar-refractivity contribution in [1.29, 1.82) is 0 Å². The zero-order valence-electron chi connectivity index (χ0n) is 13.6. The lowest BCUT2D eigenvalue weighted by atomic mass is 9.72. The van der Waals surface area contributed by atoms with Crippen molar-refractivity contribution in [2.75, 3.05) is 31.9 Å². The quantitative estimate of drug-likeness (QED) is 0.831. The first-order valence-corrected chi connectivity index (χ1v) is 10.2. The molecule has 0 N–H and O–H groups in total. The van der Waals surface area contributed by atoms with Crippen LogP contribution in [0, 0.1) is 5.41 Å². The lowest BCUT2D eigenvalue weighted by molar-refractivity contribution is -0.156. The van der Waals surface area contributed by atoms with Gasteiger partial charge in [-0.05, 0) is 18.4 Å². The number of carbonyl (C=O) groups is 1. The van der Waals surface area contributed by atoms with Crippen LogP contribution in [0.4, 0.5) is 0 Å². The Hall–Kier alpha value is -1.66. The number of sulfone groups is 1. The predicted octanol–water partition coefficient (Wildman–Crippen LogP) is 1.42. The fraction of sp³-hybridized carbons (Fsp3) is 0.500. The highest BCUT2D eigenvalue weighted by molar-refractivity contribution is 7.94. The molecule has 3 aliphatic rings. The van der Waals surface area contributed by atoms with E-state index in [1.54, 1.807) is 0 Å². The molecule has 0 unspecified atom stereocenters. The number of hydrogen-bond acceptors (Lipinski definition) is 4. The molecular formula is C18H22N2O3S. The molecule has 1 amide bonds. The van der Waals surface area contributed by atoms with E-state index < -0.39 is 9.84 Å². The van der Waals surface area contributed by atoms with E-state index in [9.17, 15) is 13.2 Å². The Morgan fingerprint density at radius 2 is 1.79 bits per heavy atom. The minimum atomic E-state index is -3.18. The Morgan fingerprint density at radius 3 is 2.46 bits per heavy atom. The van der Waals surface area contributed by atoms with E-state index in [4.69, 9.17) is 0 Å². The fourth-order valence-electron chi connectivity index (χ4n) is 4.12. The lowest BCUT2D eigenvalue weighted by Gasteiger charge is -2.60. The molecule has 128 valence electrons. The van der Waals surface area contributed by atoms with Gasteiger partial charge in [-0.25, -0.2) is 8.42 Å². The van der Waals surface area contributed by atoms with E-state index >= 15 is 0 Å². The number of carbonyl (C=O) groups excluding carboxylic acids is 1. The molecule has 0 saturated carbocycles. The van der Waals surface area contributed by atoms with Crippen LogP contribution in [0.3, 0.4) is 0 Å². The molecule has 0 atom stereocenters. The van der Waals surface area contributed by atoms with Gasteiger partial charge in [0, 0.05) is 49.1 Å². The van der Waals surface area contributed by atoms with Crippen LogP contribution < -0.4 is 0 Å². The van der Waals surface area contributed by atoms with Crippen molar-refractivity contribution in [2.45, 2.75) is 19.4 Å². The molecular weight excluding hydrogens is 324 g/mol. The number of benzene rings is 1. The number of hydrogen-bond donors (Lipinski definition) is 0. The summed E-state index contributed by atoms with van der Waals surface area (Å²) in [5, 5.41) is 1.20. The van der Waals surface area contributed by atoms with Gasteiger partial charge in [0.05, 0.1) is 5.75 Å². The Bertz CT molecular complexity index is 772. The first kappa shape index (κ1) is 15.8. The number of amides is 1. The molecule has 0 radical (unpaired) electrons. The molecule has 0 aromatic heterocycles. The third-order valence-electron chi connectivity index (χ3n) is 5.18. The second-order valence-corrected chi connectivity index (χ2v) is 9.38. The van der Waals surface area contributed by atoms with Crippen LogP contribution in [0.2, 0.25) is 0 Å². The maximum Gasteiger partial charge on any atom is 0.250 e. The van der Waals surface area contributed by atoms with E-state index in [1.807, 2.05) is 11.0 Å². The highest BCUT2D eigenvalue weighted by atomic mass is 32.2. The maximum atomic E-state index is 12.4. The van der Waals surface area contributed by atoms with Crippen LogP contribution in [0.5, 0.6) is 0 Å². The molecule has 6 heteroatoms. The van der Waals surface area contributed by atoms with Crippen LogP contribution in [0.25, 0.3) is 0 Å². The maximum absolute atomic E-state index is 12.4. The smallest absolute Gasteiger partial charge is 0.250 e. The Balaban J connectivity index is 1.30. The van der Waals surface area contributed by atoms with Crippen molar-refractivity contribution in [3.63, 3.8) is 0 Å². The average Bonchev–Trinajstić information content (AvgIpc) is 2.47. The number of nitrogens with zero attached hydrogens (tertiary/aromatic N) is 2. The summed E-state index contributed by atoms with van der Waals surface area (Å²) in [6.07, 6.45) is 1.14. The lowest BCUT2D eigenvalue weighted by Crippen LogP contribution is -2.72. The zero-order chi connectivity index (χ0) is 16.8. The predicted molar refractivity (Wildman–Crippen MR) is 91.8 cm³/mol. The van der Waals surface area contributed by atoms with Gasteiger partial charge in [0.15, 0.2) is 9.84 Å². The van der Waals surface area contributed by atoms with Crippen LogP contribution in [-0.4, -0.2) is 56.1 Å². The van der Waals surface area contributed by atoms with Gasteiger partial charge in [-0.3, -0.25) is 9.69 Å². The molecule has 4 rings (SSSR count). The van der Waals surface area contributed by atoms with E-state index in [1.165, 1.54) is 11.0 Å². The van der Waals surface area contributed by atoms with E-state index in [0.717, 1.165) is 32.7 Å². The number of rotatable bonds is 3. The van der Waals surface area contributed by atoms with Gasteiger partial charge in [0.1, 0.15) is 0 Å². The van der Waals surface area contributed by atoms with Crippen LogP contribution in [-0.2, 0) is 21.2 Å². The second-order valence-electron chi connectivity index (χ2n) is 7.41. The molecule has 0 bridgehead atoms. The van der Waals surface area contributed by atoms with Crippen molar-refractivity contribution in [3.8, 4) is 0 Å². The summed E-state index contributed by atoms with van der Waals surface area (Å²) in [5.74, 6) is 0.0905. The molecule has 2 saturated heterocycles. The fourth-order valence-corrected chi connectivity index (χ4v) is 5.44. The Morgan fingerprint density at radius 1 is 1.08 bits per heavy atom. The van der Waals surface area contributed by atoms with Crippen molar-refractivity contribution in [1.82, 2.24) is 9.80 Å². The van der Waals surface area contributed by atoms with E-state index in [0.29, 0.717) is 18.4 Å². The van der Waals surface area contributed by atoms with Gasteiger partial charge in [-0.2, -0.15) is 0 Å². The zero-order valence-corrected chi connectivity index (χ0v) is 14.5. The summed E-state index contributed by atoms with van der Waals surface area (Å²) in [7, 11) is -3.18. The summed E-state index contributed by atoms with van der Waals surface area (Å²) in [4.78, 5) is 16.7. The minimum Gasteiger partial charge on any atom is -0.337 e. The van der Waals surface area contributed by atoms with E-state index in [2.05, 4.69) is 29.2 Å². The van der Waals surface area contributed by atoms with Gasteiger partial charge < -0.3 is 4.90 Å². The third-order valence-corrected chi connectivity index (χ3v) is 6.68. The summed E-state index contributed by atoms with van der Waals surface area (Å²) in [5.41, 5.74) is 2.02. The van der Waals surface area contributed by atoms with Crippen LogP contribution in [0.1, 0.15) is 18.4 Å². The normalized spacial score (nSPS) is 24.8. The van der Waals surface area contributed by atoms with Crippen molar-refractivity contribution < 1.29 is 13.2 Å². The van der Waals surface area contributed by atoms with Crippen LogP contribution >= 0.6 is 0 Å². The molecule has 1 spiro atoms. The Kier molecular flexibility index (Phi) is 3.77. The van der Waals surface area contributed by atoms with Crippen molar-refractivity contribution in [2.24, 2.45) is 5.41 Å². The third kappa shape index (κ3) is 3.00. The summed E-state index contributed by atoms with van der Waals surface area (Å²) in [6.45, 7) is 4.51. The second kappa shape index (κ2) is 5.70. The highest BCUT2D eigenvalue weighted by Crippen LogP contribution is 2.41. The summed E-state index contributed by atoms with van der Waals surface area (Å²) in [6, 6.07) is 10.4. The highest BCUT2D eigenvalue weighted by Gasteiger charge is 2.53. The molecule has 2 fully saturated rings. The van der Waals surface area contributed by atoms with E-state index in [-0.39, 0.29) is 17.1 Å². The molecule has 5 nitrogen and oxygen atoms in total. The summed E-state index contributed by atoms with van der Waals surface area (Å²) >= 11 is 0. The molecule has 3 heterocycles. The molecule has 1 aromatic carbocycles. The Labute approximate surface area is 142 Å². The van der Waals surface area contributed by atoms with Gasteiger partial charge in [-0.15, -0.1) is 0 Å². The van der Waals surface area contributed by atoms with Gasteiger partial charge in [0.25, 0.3) is 5.91 Å². The molecule has 24 heavy (non-hydrogen) atoms. The number of likely N-dealkylation sites (tertiary alicyclic amines) is 2. The molecule has 3 aliphatic heterocycles. The monoisotopic (exact) mass is 346 g/mol. The van der Waals surface area contributed by atoms with Crippen LogP contribution in [0.15, 0.2) is 41.3 Å². The average molecular weight is 346 g/mol. The van der Waals surface area contributed by atoms with Gasteiger partial charge in [0.2, 0.25) is 0 Å². The largest absolute Gasteiger partial charge is 0.337 e. The van der Waals surface area contributed by atoms with Gasteiger partial charge >= 0.3 is 0 Å². The first-order valence-electron chi connectivity index (χ1n) is 8.44.